The molecule has 1 aliphatic heterocycles. The van der Waals surface area contributed by atoms with Crippen LogP contribution in [-0.2, 0) is 11.2 Å². The fraction of sp³-hybridized carbons (Fsp3) is 0.417. The summed E-state index contributed by atoms with van der Waals surface area (Å²) in [5.74, 6) is 0. The van der Waals surface area contributed by atoms with E-state index in [-0.39, 0.29) is 0 Å². The van der Waals surface area contributed by atoms with E-state index < -0.39 is 0 Å². The van der Waals surface area contributed by atoms with Gasteiger partial charge in [0, 0.05) is 24.0 Å². The first kappa shape index (κ1) is 8.92. The lowest BCUT2D eigenvalue weighted by Crippen LogP contribution is -2.30. The van der Waals surface area contributed by atoms with Gasteiger partial charge in [-0.15, -0.1) is 0 Å². The lowest BCUT2D eigenvalue weighted by molar-refractivity contribution is -0.0214. The van der Waals surface area contributed by atoms with Crippen molar-refractivity contribution in [2.75, 3.05) is 13.2 Å². The molecule has 1 aliphatic rings. The molecule has 0 aliphatic carbocycles. The quantitative estimate of drug-likeness (QED) is 0.746. The molecule has 3 nitrogen and oxygen atoms in total. The van der Waals surface area contributed by atoms with Crippen molar-refractivity contribution in [3.63, 3.8) is 0 Å². The van der Waals surface area contributed by atoms with E-state index in [4.69, 9.17) is 4.74 Å². The van der Waals surface area contributed by atoms with Crippen LogP contribution in [-0.4, -0.2) is 22.8 Å². The predicted molar refractivity (Wildman–Crippen MR) is 59.0 cm³/mol. The highest BCUT2D eigenvalue weighted by Gasteiger charge is 2.22. The zero-order valence-electron chi connectivity index (χ0n) is 8.81. The van der Waals surface area contributed by atoms with Gasteiger partial charge in [-0.2, -0.15) is 0 Å². The van der Waals surface area contributed by atoms with Gasteiger partial charge in [0.05, 0.1) is 24.8 Å². The molecule has 78 valence electrons. The summed E-state index contributed by atoms with van der Waals surface area (Å²) in [5.41, 5.74) is 2.67. The molecule has 1 fully saturated rings. The maximum absolute atomic E-state index is 5.24. The lowest BCUT2D eigenvalue weighted by Gasteiger charge is -2.28. The van der Waals surface area contributed by atoms with Gasteiger partial charge < -0.3 is 9.30 Å². The number of nitrogens with zero attached hydrogens (tertiary/aromatic N) is 2. The Bertz CT molecular complexity index is 485. The summed E-state index contributed by atoms with van der Waals surface area (Å²) in [6, 6.07) is 2.61. The minimum atomic E-state index is 0.523. The van der Waals surface area contributed by atoms with E-state index >= 15 is 0 Å². The summed E-state index contributed by atoms with van der Waals surface area (Å²) in [5, 5.41) is 1.28. The Morgan fingerprint density at radius 3 is 3.07 bits per heavy atom. The van der Waals surface area contributed by atoms with Gasteiger partial charge in [0.1, 0.15) is 0 Å². The molecule has 0 N–H and O–H groups in total. The van der Waals surface area contributed by atoms with Crippen molar-refractivity contribution >= 4 is 10.9 Å². The SMILES string of the molecule is CCc1cn(C2COC2)c2ccncc12. The highest BCUT2D eigenvalue weighted by Crippen LogP contribution is 2.27. The van der Waals surface area contributed by atoms with Crippen LogP contribution in [0, 0.1) is 0 Å². The summed E-state index contributed by atoms with van der Waals surface area (Å²) in [7, 11) is 0. The summed E-state index contributed by atoms with van der Waals surface area (Å²) >= 11 is 0. The number of rotatable bonds is 2. The predicted octanol–water partition coefficient (Wildman–Crippen LogP) is 2.17. The fourth-order valence-electron chi connectivity index (χ4n) is 2.13. The summed E-state index contributed by atoms with van der Waals surface area (Å²) in [4.78, 5) is 4.19. The van der Waals surface area contributed by atoms with Crippen molar-refractivity contribution in [1.82, 2.24) is 9.55 Å². The van der Waals surface area contributed by atoms with Crippen molar-refractivity contribution in [3.8, 4) is 0 Å². The van der Waals surface area contributed by atoms with E-state index in [0.717, 1.165) is 19.6 Å². The summed E-state index contributed by atoms with van der Waals surface area (Å²) in [6.07, 6.45) is 7.13. The highest BCUT2D eigenvalue weighted by molar-refractivity contribution is 5.83. The first-order valence-corrected chi connectivity index (χ1v) is 5.41. The first-order chi connectivity index (χ1) is 7.40. The molecule has 2 aromatic rings. The van der Waals surface area contributed by atoms with Crippen LogP contribution in [0.1, 0.15) is 18.5 Å². The van der Waals surface area contributed by atoms with Gasteiger partial charge >= 0.3 is 0 Å². The maximum atomic E-state index is 5.24. The molecule has 0 unspecified atom stereocenters. The van der Waals surface area contributed by atoms with E-state index in [2.05, 4.69) is 28.7 Å². The van der Waals surface area contributed by atoms with Gasteiger partial charge in [-0.1, -0.05) is 6.92 Å². The Morgan fingerprint density at radius 2 is 2.40 bits per heavy atom. The fourth-order valence-corrected chi connectivity index (χ4v) is 2.13. The monoisotopic (exact) mass is 202 g/mol. The number of aromatic nitrogens is 2. The van der Waals surface area contributed by atoms with Crippen LogP contribution in [0.5, 0.6) is 0 Å². The molecule has 3 heterocycles. The van der Waals surface area contributed by atoms with Crippen LogP contribution in [0.3, 0.4) is 0 Å². The van der Waals surface area contributed by atoms with Crippen LogP contribution in [0.4, 0.5) is 0 Å². The molecule has 0 amide bonds. The van der Waals surface area contributed by atoms with Crippen LogP contribution in [0.15, 0.2) is 24.7 Å². The Balaban J connectivity index is 2.20. The number of ether oxygens (including phenoxy) is 1. The smallest absolute Gasteiger partial charge is 0.0803 e. The molecule has 0 spiro atoms. The second kappa shape index (κ2) is 3.35. The van der Waals surface area contributed by atoms with Crippen molar-refractivity contribution in [1.29, 1.82) is 0 Å². The lowest BCUT2D eigenvalue weighted by atomic mass is 10.2. The van der Waals surface area contributed by atoms with E-state index in [1.807, 2.05) is 12.4 Å². The van der Waals surface area contributed by atoms with E-state index in [0.29, 0.717) is 6.04 Å². The van der Waals surface area contributed by atoms with E-state index in [1.165, 1.54) is 16.5 Å². The van der Waals surface area contributed by atoms with Crippen LogP contribution >= 0.6 is 0 Å². The molecule has 1 saturated heterocycles. The normalized spacial score (nSPS) is 16.9. The molecule has 3 heteroatoms. The van der Waals surface area contributed by atoms with Crippen molar-refractivity contribution in [2.24, 2.45) is 0 Å². The highest BCUT2D eigenvalue weighted by atomic mass is 16.5. The second-order valence-corrected chi connectivity index (χ2v) is 4.00. The third-order valence-corrected chi connectivity index (χ3v) is 3.11. The molecule has 0 atom stereocenters. The number of pyridine rings is 1. The number of hydrogen-bond acceptors (Lipinski definition) is 2. The Kier molecular flexibility index (Phi) is 1.99. The number of aryl methyl sites for hydroxylation is 1. The molecule has 3 rings (SSSR count). The Morgan fingerprint density at radius 1 is 1.53 bits per heavy atom. The molecule has 0 aromatic carbocycles. The molecule has 0 radical (unpaired) electrons. The third-order valence-electron chi connectivity index (χ3n) is 3.11. The van der Waals surface area contributed by atoms with Crippen LogP contribution in [0.2, 0.25) is 0 Å². The molecular formula is C12H14N2O. The average molecular weight is 202 g/mol. The van der Waals surface area contributed by atoms with E-state index in [9.17, 15) is 0 Å². The number of fused-ring (bicyclic) bond motifs is 1. The standard InChI is InChI=1S/C12H14N2O/c1-2-9-6-14(10-7-15-8-10)12-3-4-13-5-11(9)12/h3-6,10H,2,7-8H2,1H3. The van der Waals surface area contributed by atoms with Gasteiger partial charge in [-0.25, -0.2) is 0 Å². The maximum Gasteiger partial charge on any atom is 0.0803 e. The topological polar surface area (TPSA) is 27.1 Å². The minimum absolute atomic E-state index is 0.523. The molecular weight excluding hydrogens is 188 g/mol. The van der Waals surface area contributed by atoms with Crippen LogP contribution in [0.25, 0.3) is 10.9 Å². The Hall–Kier alpha value is -1.35. The summed E-state index contributed by atoms with van der Waals surface area (Å²) in [6.45, 7) is 3.87. The first-order valence-electron chi connectivity index (χ1n) is 5.41. The van der Waals surface area contributed by atoms with E-state index in [1.54, 1.807) is 0 Å². The zero-order valence-corrected chi connectivity index (χ0v) is 8.81. The molecule has 0 saturated carbocycles. The third kappa shape index (κ3) is 1.27. The Labute approximate surface area is 88.7 Å². The molecule has 2 aromatic heterocycles. The van der Waals surface area contributed by atoms with Gasteiger partial charge in [-0.05, 0) is 18.1 Å². The minimum Gasteiger partial charge on any atom is -0.377 e. The van der Waals surface area contributed by atoms with Gasteiger partial charge in [0.15, 0.2) is 0 Å². The van der Waals surface area contributed by atoms with Gasteiger partial charge in [0.25, 0.3) is 0 Å². The second-order valence-electron chi connectivity index (χ2n) is 4.00. The average Bonchev–Trinajstić information content (AvgIpc) is 2.55. The zero-order chi connectivity index (χ0) is 10.3. The van der Waals surface area contributed by atoms with Gasteiger partial charge in [-0.3, -0.25) is 4.98 Å². The van der Waals surface area contributed by atoms with Crippen LogP contribution < -0.4 is 0 Å². The van der Waals surface area contributed by atoms with Crippen molar-refractivity contribution < 1.29 is 4.74 Å². The van der Waals surface area contributed by atoms with Crippen molar-refractivity contribution in [2.45, 2.75) is 19.4 Å². The van der Waals surface area contributed by atoms with Crippen molar-refractivity contribution in [3.05, 3.63) is 30.2 Å². The van der Waals surface area contributed by atoms with Gasteiger partial charge in [0.2, 0.25) is 0 Å². The summed E-state index contributed by atoms with van der Waals surface area (Å²) < 4.78 is 7.58. The molecule has 15 heavy (non-hydrogen) atoms. The largest absolute Gasteiger partial charge is 0.377 e. The number of hydrogen-bond donors (Lipinski definition) is 0. The molecule has 0 bridgehead atoms.